The minimum atomic E-state index is 0.299. The summed E-state index contributed by atoms with van der Waals surface area (Å²) in [5.41, 5.74) is 4.52. The fraction of sp³-hybridized carbons (Fsp3) is 0.364. The Morgan fingerprint density at radius 3 is 2.62 bits per heavy atom. The van der Waals surface area contributed by atoms with Gasteiger partial charge in [-0.25, -0.2) is 0 Å². The molecule has 0 radical (unpaired) electrons. The van der Waals surface area contributed by atoms with Gasteiger partial charge in [0.25, 0.3) is 0 Å². The van der Waals surface area contributed by atoms with Gasteiger partial charge in [-0.05, 0) is 37.0 Å². The average Bonchev–Trinajstić information content (AvgIpc) is 2.44. The Bertz CT molecular complexity index is 394. The molecular formula is C11H11BrO. The summed E-state index contributed by atoms with van der Waals surface area (Å²) < 4.78 is 1.12. The van der Waals surface area contributed by atoms with E-state index in [1.165, 1.54) is 11.1 Å². The van der Waals surface area contributed by atoms with Crippen LogP contribution in [0.15, 0.2) is 10.5 Å². The van der Waals surface area contributed by atoms with Crippen molar-refractivity contribution in [3.05, 3.63) is 32.8 Å². The summed E-state index contributed by atoms with van der Waals surface area (Å²) >= 11 is 3.54. The number of ketones is 1. The van der Waals surface area contributed by atoms with Crippen LogP contribution in [0, 0.1) is 13.8 Å². The van der Waals surface area contributed by atoms with Gasteiger partial charge in [0.15, 0.2) is 5.78 Å². The maximum Gasteiger partial charge on any atom is 0.163 e. The summed E-state index contributed by atoms with van der Waals surface area (Å²) in [4.78, 5) is 11.5. The van der Waals surface area contributed by atoms with Crippen molar-refractivity contribution >= 4 is 21.7 Å². The Balaban J connectivity index is 2.76. The number of fused-ring (bicyclic) bond motifs is 1. The van der Waals surface area contributed by atoms with Crippen molar-refractivity contribution in [1.29, 1.82) is 0 Å². The summed E-state index contributed by atoms with van der Waals surface area (Å²) in [6.07, 6.45) is 1.58. The number of aryl methyl sites for hydroxylation is 2. The fourth-order valence-electron chi connectivity index (χ4n) is 2.03. The molecule has 2 rings (SSSR count). The molecule has 0 N–H and O–H groups in total. The molecule has 0 aliphatic heterocycles. The molecule has 1 aromatic carbocycles. The molecule has 0 atom stereocenters. The number of carbonyl (C=O) groups excluding carboxylic acids is 1. The van der Waals surface area contributed by atoms with E-state index >= 15 is 0 Å². The zero-order valence-electron chi connectivity index (χ0n) is 7.78. The second-order valence-electron chi connectivity index (χ2n) is 3.60. The molecule has 68 valence electrons. The molecule has 0 aromatic heterocycles. The van der Waals surface area contributed by atoms with Crippen LogP contribution in [0.5, 0.6) is 0 Å². The molecule has 0 saturated heterocycles. The van der Waals surface area contributed by atoms with E-state index < -0.39 is 0 Å². The Kier molecular flexibility index (Phi) is 2.03. The number of rotatable bonds is 0. The van der Waals surface area contributed by atoms with Crippen LogP contribution in [-0.2, 0) is 6.42 Å². The molecule has 0 unspecified atom stereocenters. The molecule has 0 spiro atoms. The van der Waals surface area contributed by atoms with Gasteiger partial charge in [-0.2, -0.15) is 0 Å². The van der Waals surface area contributed by atoms with Crippen molar-refractivity contribution in [2.45, 2.75) is 26.7 Å². The number of hydrogen-bond acceptors (Lipinski definition) is 1. The van der Waals surface area contributed by atoms with Gasteiger partial charge in [-0.15, -0.1) is 0 Å². The van der Waals surface area contributed by atoms with E-state index in [4.69, 9.17) is 0 Å². The molecule has 0 saturated carbocycles. The Morgan fingerprint density at radius 2 is 1.92 bits per heavy atom. The third-order valence-corrected chi connectivity index (χ3v) is 3.73. The zero-order chi connectivity index (χ0) is 9.59. The molecule has 13 heavy (non-hydrogen) atoms. The van der Waals surface area contributed by atoms with Gasteiger partial charge in [0.1, 0.15) is 0 Å². The average molecular weight is 239 g/mol. The quantitative estimate of drug-likeness (QED) is 0.679. The summed E-state index contributed by atoms with van der Waals surface area (Å²) in [7, 11) is 0. The minimum absolute atomic E-state index is 0.299. The SMILES string of the molecule is Cc1cc(C)c2c(c1Br)CCC2=O. The lowest BCUT2D eigenvalue weighted by molar-refractivity contribution is 0.0994. The number of carbonyl (C=O) groups is 1. The van der Waals surface area contributed by atoms with Crippen molar-refractivity contribution in [2.24, 2.45) is 0 Å². The number of halogens is 1. The van der Waals surface area contributed by atoms with Gasteiger partial charge in [0.2, 0.25) is 0 Å². The molecule has 0 amide bonds. The Morgan fingerprint density at radius 1 is 1.23 bits per heavy atom. The van der Waals surface area contributed by atoms with E-state index in [2.05, 4.69) is 28.9 Å². The minimum Gasteiger partial charge on any atom is -0.294 e. The van der Waals surface area contributed by atoms with Crippen molar-refractivity contribution in [2.75, 3.05) is 0 Å². The van der Waals surface area contributed by atoms with E-state index in [1.54, 1.807) is 0 Å². The van der Waals surface area contributed by atoms with Crippen molar-refractivity contribution in [1.82, 2.24) is 0 Å². The molecule has 1 aliphatic carbocycles. The lowest BCUT2D eigenvalue weighted by atomic mass is 10.0. The molecular weight excluding hydrogens is 228 g/mol. The van der Waals surface area contributed by atoms with Crippen LogP contribution in [0.25, 0.3) is 0 Å². The third-order valence-electron chi connectivity index (χ3n) is 2.62. The van der Waals surface area contributed by atoms with Gasteiger partial charge in [0, 0.05) is 16.5 Å². The topological polar surface area (TPSA) is 17.1 Å². The van der Waals surface area contributed by atoms with Gasteiger partial charge >= 0.3 is 0 Å². The highest BCUT2D eigenvalue weighted by molar-refractivity contribution is 9.10. The van der Waals surface area contributed by atoms with Crippen LogP contribution in [0.2, 0.25) is 0 Å². The highest BCUT2D eigenvalue weighted by Gasteiger charge is 2.24. The smallest absolute Gasteiger partial charge is 0.163 e. The van der Waals surface area contributed by atoms with Crippen LogP contribution in [0.3, 0.4) is 0 Å². The van der Waals surface area contributed by atoms with Crippen LogP contribution in [0.4, 0.5) is 0 Å². The van der Waals surface area contributed by atoms with Crippen LogP contribution >= 0.6 is 15.9 Å². The predicted octanol–water partition coefficient (Wildman–Crippen LogP) is 3.19. The summed E-state index contributed by atoms with van der Waals surface area (Å²) in [6.45, 7) is 4.08. The van der Waals surface area contributed by atoms with Gasteiger partial charge < -0.3 is 0 Å². The monoisotopic (exact) mass is 238 g/mol. The van der Waals surface area contributed by atoms with E-state index in [0.717, 1.165) is 22.0 Å². The molecule has 1 nitrogen and oxygen atoms in total. The first-order valence-corrected chi connectivity index (χ1v) is 5.22. The molecule has 0 bridgehead atoms. The largest absolute Gasteiger partial charge is 0.294 e. The highest BCUT2D eigenvalue weighted by Crippen LogP contribution is 2.33. The lowest BCUT2D eigenvalue weighted by Gasteiger charge is -2.08. The standard InChI is InChI=1S/C11H11BrO/c1-6-5-7(2)11(12)8-3-4-9(13)10(6)8/h5H,3-4H2,1-2H3. The number of Topliss-reactive ketones (excluding diaryl/α,β-unsaturated/α-hetero) is 1. The summed E-state index contributed by atoms with van der Waals surface area (Å²) in [5.74, 6) is 0.299. The predicted molar refractivity (Wildman–Crippen MR) is 56.3 cm³/mol. The molecule has 0 fully saturated rings. The third kappa shape index (κ3) is 1.24. The first-order valence-electron chi connectivity index (χ1n) is 4.43. The Labute approximate surface area is 86.3 Å². The first-order chi connectivity index (χ1) is 6.11. The van der Waals surface area contributed by atoms with Crippen molar-refractivity contribution in [3.63, 3.8) is 0 Å². The van der Waals surface area contributed by atoms with E-state index in [-0.39, 0.29) is 0 Å². The van der Waals surface area contributed by atoms with E-state index in [1.807, 2.05) is 6.92 Å². The fourth-order valence-corrected chi connectivity index (χ4v) is 2.54. The zero-order valence-corrected chi connectivity index (χ0v) is 9.36. The van der Waals surface area contributed by atoms with Crippen LogP contribution in [0.1, 0.15) is 33.5 Å². The lowest BCUT2D eigenvalue weighted by Crippen LogP contribution is -1.97. The summed E-state index contributed by atoms with van der Waals surface area (Å²) in [6, 6.07) is 2.08. The van der Waals surface area contributed by atoms with Crippen LogP contribution < -0.4 is 0 Å². The maximum absolute atomic E-state index is 11.5. The second kappa shape index (κ2) is 2.95. The number of hydrogen-bond donors (Lipinski definition) is 0. The second-order valence-corrected chi connectivity index (χ2v) is 4.39. The molecule has 1 aromatic rings. The van der Waals surface area contributed by atoms with Crippen molar-refractivity contribution < 1.29 is 4.79 Å². The number of benzene rings is 1. The van der Waals surface area contributed by atoms with Crippen LogP contribution in [-0.4, -0.2) is 5.78 Å². The first kappa shape index (κ1) is 8.95. The maximum atomic E-state index is 11.5. The molecule has 0 heterocycles. The normalized spacial score (nSPS) is 14.8. The summed E-state index contributed by atoms with van der Waals surface area (Å²) in [5, 5.41) is 0. The van der Waals surface area contributed by atoms with Gasteiger partial charge in [-0.1, -0.05) is 22.0 Å². The van der Waals surface area contributed by atoms with Gasteiger partial charge in [0.05, 0.1) is 0 Å². The molecule has 1 aliphatic rings. The Hall–Kier alpha value is -0.630. The van der Waals surface area contributed by atoms with E-state index in [0.29, 0.717) is 12.2 Å². The highest BCUT2D eigenvalue weighted by atomic mass is 79.9. The van der Waals surface area contributed by atoms with E-state index in [9.17, 15) is 4.79 Å². The van der Waals surface area contributed by atoms with Gasteiger partial charge in [-0.3, -0.25) is 4.79 Å². The molecule has 2 heteroatoms. The van der Waals surface area contributed by atoms with Crippen molar-refractivity contribution in [3.8, 4) is 0 Å².